The Morgan fingerprint density at radius 3 is 1.00 bits per heavy atom. The largest absolute Gasteiger partial charge is 1.00 e. The minimum absolute atomic E-state index is 0. The summed E-state index contributed by atoms with van der Waals surface area (Å²) >= 11 is 0. The Balaban J connectivity index is 0. The molecule has 0 aromatic heterocycles. The van der Waals surface area contributed by atoms with E-state index in [0.717, 1.165) is 0 Å². The van der Waals surface area contributed by atoms with Gasteiger partial charge in [0.2, 0.25) is 0 Å². The normalized spacial score (nSPS) is 0. The molecule has 0 aromatic carbocycles. The topological polar surface area (TPSA) is 0 Å². The average molecular weight is 498 g/mol. The first kappa shape index (κ1) is 30.1. The fourth-order valence-corrected chi connectivity index (χ4v) is 0. The van der Waals surface area contributed by atoms with E-state index in [1.807, 2.05) is 0 Å². The quantitative estimate of drug-likeness (QED) is 0.230. The van der Waals surface area contributed by atoms with Crippen LogP contribution in [0.2, 0.25) is 0 Å². The van der Waals surface area contributed by atoms with Gasteiger partial charge in [-0.1, -0.05) is 0 Å². The maximum Gasteiger partial charge on any atom is 0 e. The Labute approximate surface area is 87.6 Å². The van der Waals surface area contributed by atoms with Gasteiger partial charge in [-0.05, 0) is 0 Å². The van der Waals surface area contributed by atoms with Gasteiger partial charge in [0.15, 0.2) is 0 Å². The monoisotopic (exact) mass is 499 g/mol. The zero-order chi connectivity index (χ0) is 0. The van der Waals surface area contributed by atoms with Crippen LogP contribution in [0.5, 0.6) is 0 Å². The smallest absolute Gasteiger partial charge is 0 e. The second-order valence-electron chi connectivity index (χ2n) is 0. The van der Waals surface area contributed by atoms with E-state index in [2.05, 4.69) is 0 Å². The van der Waals surface area contributed by atoms with Crippen molar-refractivity contribution in [2.45, 2.75) is 0 Å². The first-order valence-corrected chi connectivity index (χ1v) is 0. The molecular weight excluding hydrogens is 496 g/mol. The number of rotatable bonds is 0. The van der Waals surface area contributed by atoms with Crippen LogP contribution in [0.1, 0.15) is 1.43 Å². The van der Waals surface area contributed by atoms with Gasteiger partial charge in [0.1, 0.15) is 0 Å². The van der Waals surface area contributed by atoms with E-state index in [-0.39, 0.29) is 89.1 Å². The van der Waals surface area contributed by atoms with Crippen molar-refractivity contribution in [3.05, 3.63) is 0 Å². The van der Waals surface area contributed by atoms with E-state index < -0.39 is 0 Å². The molecular formula is H2ClI2Pb-3. The summed E-state index contributed by atoms with van der Waals surface area (Å²) in [6.45, 7) is 0. The molecule has 0 bridgehead atoms. The summed E-state index contributed by atoms with van der Waals surface area (Å²) in [5.41, 5.74) is 0. The van der Waals surface area contributed by atoms with Crippen molar-refractivity contribution in [1.82, 2.24) is 0 Å². The number of halogens is 3. The minimum Gasteiger partial charge on any atom is -1.00 e. The van der Waals surface area contributed by atoms with Gasteiger partial charge in [0.05, 0.1) is 0 Å². The summed E-state index contributed by atoms with van der Waals surface area (Å²) in [4.78, 5) is 0. The van der Waals surface area contributed by atoms with Crippen LogP contribution in [0.4, 0.5) is 0 Å². The van der Waals surface area contributed by atoms with E-state index >= 15 is 0 Å². The van der Waals surface area contributed by atoms with Crippen LogP contribution in [0.3, 0.4) is 0 Å². The maximum absolute atomic E-state index is 0. The first-order chi connectivity index (χ1) is 0. The van der Waals surface area contributed by atoms with E-state index in [4.69, 9.17) is 0 Å². The third-order valence-electron chi connectivity index (χ3n) is 0. The second kappa shape index (κ2) is 17.3. The zero-order valence-electron chi connectivity index (χ0n) is 1.63. The van der Waals surface area contributed by atoms with Crippen LogP contribution in [-0.2, 0) is 0 Å². The molecule has 0 aliphatic rings. The van der Waals surface area contributed by atoms with Crippen molar-refractivity contribution in [2.75, 3.05) is 0 Å². The van der Waals surface area contributed by atoms with E-state index in [1.54, 1.807) is 0 Å². The molecule has 0 atom stereocenters. The molecule has 0 nitrogen and oxygen atoms in total. The van der Waals surface area contributed by atoms with Crippen molar-refractivity contribution < 1.29 is 61.8 Å². The summed E-state index contributed by atoms with van der Waals surface area (Å²) in [5.74, 6) is 0. The third-order valence-corrected chi connectivity index (χ3v) is 0. The van der Waals surface area contributed by atoms with Crippen LogP contribution in [0, 0.1) is 0 Å². The molecule has 0 unspecified atom stereocenters. The Bertz CT molecular complexity index is 9.61. The van der Waals surface area contributed by atoms with E-state index in [1.165, 1.54) is 0 Å². The Morgan fingerprint density at radius 1 is 1.00 bits per heavy atom. The predicted molar refractivity (Wildman–Crippen MR) is 7.87 cm³/mol. The Hall–Kier alpha value is 2.67. The summed E-state index contributed by atoms with van der Waals surface area (Å²) < 4.78 is 0. The molecule has 4 heteroatoms. The molecule has 0 aliphatic heterocycles. The standard InChI is InChI=1S/ClH.2HI.Pb.H2/h3*1H;;1H/p-3. The van der Waals surface area contributed by atoms with E-state index in [9.17, 15) is 0 Å². The van der Waals surface area contributed by atoms with Gasteiger partial charge in [-0.2, -0.15) is 0 Å². The van der Waals surface area contributed by atoms with Gasteiger partial charge in [-0.3, -0.25) is 0 Å². The second-order valence-corrected chi connectivity index (χ2v) is 0. The van der Waals surface area contributed by atoms with Gasteiger partial charge in [0, 0.05) is 28.7 Å². The van der Waals surface area contributed by atoms with Crippen LogP contribution < -0.4 is 60.4 Å². The average Bonchev–Trinajstić information content (AvgIpc) is 0. The molecule has 0 fully saturated rings. The molecule has 0 amide bonds. The Morgan fingerprint density at radius 2 is 1.00 bits per heavy atom. The molecule has 4 radical (unpaired) electrons. The van der Waals surface area contributed by atoms with Crippen molar-refractivity contribution in [3.8, 4) is 0 Å². The fraction of sp³-hybridized carbons (Fsp3) is 0. The first-order valence-electron chi connectivity index (χ1n) is 0. The molecule has 30 valence electrons. The maximum atomic E-state index is 0. The van der Waals surface area contributed by atoms with Crippen LogP contribution in [0.15, 0.2) is 0 Å². The molecule has 4 heavy (non-hydrogen) atoms. The Kier molecular flexibility index (Phi) is 130. The summed E-state index contributed by atoms with van der Waals surface area (Å²) in [7, 11) is 0. The van der Waals surface area contributed by atoms with Gasteiger partial charge < -0.3 is 60.4 Å². The molecule has 0 rings (SSSR count). The van der Waals surface area contributed by atoms with Crippen molar-refractivity contribution in [1.29, 1.82) is 0 Å². The molecule has 0 aromatic rings. The van der Waals surface area contributed by atoms with Gasteiger partial charge in [-0.25, -0.2) is 0 Å². The van der Waals surface area contributed by atoms with Gasteiger partial charge in [-0.15, -0.1) is 0 Å². The third kappa shape index (κ3) is 8.82. The summed E-state index contributed by atoms with van der Waals surface area (Å²) in [5, 5.41) is 0. The van der Waals surface area contributed by atoms with Crippen LogP contribution in [0.25, 0.3) is 0 Å². The van der Waals surface area contributed by atoms with Crippen molar-refractivity contribution in [2.24, 2.45) is 0 Å². The molecule has 0 N–H and O–H groups in total. The molecule has 0 aliphatic carbocycles. The number of hydrogen-bond acceptors (Lipinski definition) is 0. The molecule has 0 saturated carbocycles. The van der Waals surface area contributed by atoms with Gasteiger partial charge in [0.25, 0.3) is 0 Å². The zero-order valence-corrected chi connectivity index (χ0v) is 10.6. The summed E-state index contributed by atoms with van der Waals surface area (Å²) in [6.07, 6.45) is 0. The van der Waals surface area contributed by atoms with Crippen LogP contribution >= 0.6 is 0 Å². The predicted octanol–water partition coefficient (Wildman–Crippen LogP) is -9.12. The van der Waals surface area contributed by atoms with Gasteiger partial charge >= 0.3 is 0 Å². The van der Waals surface area contributed by atoms with Crippen LogP contribution in [-0.4, -0.2) is 27.3 Å². The SMILES string of the molecule is [Cl-].[HH].[I-].[I-].[Pb]. The van der Waals surface area contributed by atoms with E-state index in [0.29, 0.717) is 0 Å². The summed E-state index contributed by atoms with van der Waals surface area (Å²) in [6, 6.07) is 0. The molecule has 0 saturated heterocycles. The van der Waals surface area contributed by atoms with Crippen molar-refractivity contribution in [3.63, 3.8) is 0 Å². The number of hydrogen-bond donors (Lipinski definition) is 0. The van der Waals surface area contributed by atoms with Crippen molar-refractivity contribution >= 4 is 27.3 Å². The molecule has 0 spiro atoms. The minimum atomic E-state index is 0. The fourth-order valence-electron chi connectivity index (χ4n) is 0. The molecule has 0 heterocycles.